The molecule has 2 rings (SSSR count). The highest BCUT2D eigenvalue weighted by Gasteiger charge is 2.19. The van der Waals surface area contributed by atoms with Gasteiger partial charge >= 0.3 is 5.97 Å². The molecule has 8 heteroatoms. The molecule has 0 aliphatic rings. The molecule has 24 heavy (non-hydrogen) atoms. The summed E-state index contributed by atoms with van der Waals surface area (Å²) in [6, 6.07) is 6.41. The van der Waals surface area contributed by atoms with E-state index in [0.717, 1.165) is 0 Å². The summed E-state index contributed by atoms with van der Waals surface area (Å²) in [4.78, 5) is 25.3. The summed E-state index contributed by atoms with van der Waals surface area (Å²) in [5, 5.41) is 18.3. The van der Waals surface area contributed by atoms with E-state index in [9.17, 15) is 14.9 Å². The largest absolute Gasteiger partial charge is 0.479 e. The fourth-order valence-corrected chi connectivity index (χ4v) is 2.66. The molecule has 2 N–H and O–H groups in total. The molecule has 124 valence electrons. The standard InChI is InChI=1S/C16H12Cl2N2O4/c1-7-3-10(11(6-19)15(21)20-7)9-4-12(17)14(13(18)5-9)24-8(2)16(22)23/h3-5,8H,1-2H3,(H,20,21)(H,22,23). The first-order valence-corrected chi connectivity index (χ1v) is 7.53. The first kappa shape index (κ1) is 17.9. The molecule has 1 heterocycles. The van der Waals surface area contributed by atoms with Crippen LogP contribution in [0.5, 0.6) is 5.75 Å². The first-order chi connectivity index (χ1) is 11.2. The molecule has 0 amide bonds. The molecular formula is C16H12Cl2N2O4. The molecule has 1 atom stereocenters. The third kappa shape index (κ3) is 3.53. The van der Waals surface area contributed by atoms with E-state index < -0.39 is 17.6 Å². The smallest absolute Gasteiger partial charge is 0.344 e. The number of carboxylic acid groups (broad SMARTS) is 1. The predicted molar refractivity (Wildman–Crippen MR) is 89.7 cm³/mol. The van der Waals surface area contributed by atoms with Crippen LogP contribution in [0.15, 0.2) is 23.0 Å². The average molecular weight is 367 g/mol. The number of H-pyrrole nitrogens is 1. The normalized spacial score (nSPS) is 11.6. The molecule has 0 bridgehead atoms. The van der Waals surface area contributed by atoms with E-state index in [1.165, 1.54) is 19.1 Å². The molecule has 0 spiro atoms. The molecule has 6 nitrogen and oxygen atoms in total. The van der Waals surface area contributed by atoms with Crippen molar-refractivity contribution in [3.8, 4) is 22.9 Å². The lowest BCUT2D eigenvalue weighted by Crippen LogP contribution is -2.23. The lowest BCUT2D eigenvalue weighted by Gasteiger charge is -2.15. The van der Waals surface area contributed by atoms with E-state index in [0.29, 0.717) is 16.8 Å². The van der Waals surface area contributed by atoms with E-state index in [-0.39, 0.29) is 21.4 Å². The number of hydrogen-bond acceptors (Lipinski definition) is 4. The number of aromatic nitrogens is 1. The zero-order chi connectivity index (χ0) is 18.0. The Bertz CT molecular complexity index is 892. The molecule has 1 unspecified atom stereocenters. The number of nitrogens with zero attached hydrogens (tertiary/aromatic N) is 1. The minimum atomic E-state index is -1.16. The van der Waals surface area contributed by atoms with Gasteiger partial charge in [-0.25, -0.2) is 4.79 Å². The van der Waals surface area contributed by atoms with Crippen molar-refractivity contribution in [2.24, 2.45) is 0 Å². The molecule has 0 saturated heterocycles. The van der Waals surface area contributed by atoms with Gasteiger partial charge in [0, 0.05) is 11.3 Å². The number of nitriles is 1. The van der Waals surface area contributed by atoms with Gasteiger partial charge in [-0.05, 0) is 37.6 Å². The van der Waals surface area contributed by atoms with E-state index >= 15 is 0 Å². The number of aromatic amines is 1. The highest BCUT2D eigenvalue weighted by molar-refractivity contribution is 6.37. The maximum Gasteiger partial charge on any atom is 0.344 e. The van der Waals surface area contributed by atoms with Gasteiger partial charge in [0.2, 0.25) is 0 Å². The number of aryl methyl sites for hydroxylation is 1. The molecule has 0 aliphatic carbocycles. The Morgan fingerprint density at radius 3 is 2.42 bits per heavy atom. The quantitative estimate of drug-likeness (QED) is 0.862. The molecule has 0 aliphatic heterocycles. The lowest BCUT2D eigenvalue weighted by atomic mass is 10.0. The van der Waals surface area contributed by atoms with E-state index in [4.69, 9.17) is 33.0 Å². The van der Waals surface area contributed by atoms with Gasteiger partial charge in [0.1, 0.15) is 11.6 Å². The van der Waals surface area contributed by atoms with E-state index in [1.54, 1.807) is 13.0 Å². The fraction of sp³-hybridized carbons (Fsp3) is 0.188. The monoisotopic (exact) mass is 366 g/mol. The Morgan fingerprint density at radius 1 is 1.33 bits per heavy atom. The average Bonchev–Trinajstić information content (AvgIpc) is 2.49. The molecule has 0 radical (unpaired) electrons. The summed E-state index contributed by atoms with van der Waals surface area (Å²) >= 11 is 12.3. The third-order valence-electron chi connectivity index (χ3n) is 3.23. The first-order valence-electron chi connectivity index (χ1n) is 6.77. The number of nitrogens with one attached hydrogen (secondary N) is 1. The number of halogens is 2. The van der Waals surface area contributed by atoms with Gasteiger partial charge in [-0.2, -0.15) is 5.26 Å². The van der Waals surface area contributed by atoms with Crippen molar-refractivity contribution < 1.29 is 14.6 Å². The van der Waals surface area contributed by atoms with Gasteiger partial charge in [0.15, 0.2) is 11.9 Å². The summed E-state index contributed by atoms with van der Waals surface area (Å²) in [7, 11) is 0. The van der Waals surface area contributed by atoms with Crippen molar-refractivity contribution in [3.05, 3.63) is 49.9 Å². The molecule has 1 aromatic heterocycles. The van der Waals surface area contributed by atoms with Crippen LogP contribution >= 0.6 is 23.2 Å². The number of hydrogen-bond donors (Lipinski definition) is 2. The highest BCUT2D eigenvalue weighted by Crippen LogP contribution is 2.38. The summed E-state index contributed by atoms with van der Waals surface area (Å²) in [5.41, 5.74) is 0.812. The van der Waals surface area contributed by atoms with Crippen LogP contribution < -0.4 is 10.3 Å². The second-order valence-electron chi connectivity index (χ2n) is 5.05. The third-order valence-corrected chi connectivity index (χ3v) is 3.79. The second-order valence-corrected chi connectivity index (χ2v) is 5.86. The van der Waals surface area contributed by atoms with Crippen LogP contribution in [0.3, 0.4) is 0 Å². The lowest BCUT2D eigenvalue weighted by molar-refractivity contribution is -0.144. The molecule has 1 aromatic carbocycles. The number of carboxylic acids is 1. The van der Waals surface area contributed by atoms with Gasteiger partial charge in [-0.15, -0.1) is 0 Å². The fourth-order valence-electron chi connectivity index (χ4n) is 2.08. The van der Waals surface area contributed by atoms with Crippen LogP contribution in [0.4, 0.5) is 0 Å². The maximum absolute atomic E-state index is 11.9. The number of carbonyl (C=O) groups is 1. The van der Waals surface area contributed by atoms with Crippen LogP contribution in [0.2, 0.25) is 10.0 Å². The Hall–Kier alpha value is -2.49. The van der Waals surface area contributed by atoms with Gasteiger partial charge in [0.05, 0.1) is 10.0 Å². The Labute approximate surface area is 147 Å². The van der Waals surface area contributed by atoms with Gasteiger partial charge in [0.25, 0.3) is 5.56 Å². The Kier molecular flexibility index (Phi) is 5.17. The summed E-state index contributed by atoms with van der Waals surface area (Å²) in [6.07, 6.45) is -1.14. The zero-order valence-electron chi connectivity index (χ0n) is 12.7. The Morgan fingerprint density at radius 2 is 1.92 bits per heavy atom. The van der Waals surface area contributed by atoms with Crippen molar-refractivity contribution in [3.63, 3.8) is 0 Å². The van der Waals surface area contributed by atoms with Gasteiger partial charge < -0.3 is 14.8 Å². The van der Waals surface area contributed by atoms with E-state index in [2.05, 4.69) is 4.98 Å². The second kappa shape index (κ2) is 6.95. The van der Waals surface area contributed by atoms with Crippen LogP contribution in [-0.4, -0.2) is 22.2 Å². The molecule has 0 fully saturated rings. The molecular weight excluding hydrogens is 355 g/mol. The van der Waals surface area contributed by atoms with Crippen molar-refractivity contribution in [1.82, 2.24) is 4.98 Å². The van der Waals surface area contributed by atoms with Crippen LogP contribution in [-0.2, 0) is 4.79 Å². The number of pyridine rings is 1. The van der Waals surface area contributed by atoms with Crippen molar-refractivity contribution >= 4 is 29.2 Å². The van der Waals surface area contributed by atoms with Crippen LogP contribution in [0, 0.1) is 18.3 Å². The number of rotatable bonds is 4. The minimum absolute atomic E-state index is 0.0250. The summed E-state index contributed by atoms with van der Waals surface area (Å²) in [6.45, 7) is 3.03. The topological polar surface area (TPSA) is 103 Å². The van der Waals surface area contributed by atoms with Crippen LogP contribution in [0.1, 0.15) is 18.2 Å². The zero-order valence-corrected chi connectivity index (χ0v) is 14.2. The maximum atomic E-state index is 11.9. The van der Waals surface area contributed by atoms with Crippen molar-refractivity contribution in [2.75, 3.05) is 0 Å². The highest BCUT2D eigenvalue weighted by atomic mass is 35.5. The van der Waals surface area contributed by atoms with Crippen LogP contribution in [0.25, 0.3) is 11.1 Å². The molecule has 2 aromatic rings. The summed E-state index contributed by atoms with van der Waals surface area (Å²) < 4.78 is 5.24. The van der Waals surface area contributed by atoms with Gasteiger partial charge in [-0.3, -0.25) is 4.79 Å². The molecule has 0 saturated carbocycles. The Balaban J connectivity index is 2.58. The minimum Gasteiger partial charge on any atom is -0.479 e. The SMILES string of the molecule is Cc1cc(-c2cc(Cl)c(OC(C)C(=O)O)c(Cl)c2)c(C#N)c(=O)[nH]1. The van der Waals surface area contributed by atoms with E-state index in [1.807, 2.05) is 6.07 Å². The number of benzene rings is 1. The van der Waals surface area contributed by atoms with Crippen molar-refractivity contribution in [2.45, 2.75) is 20.0 Å². The summed E-state index contributed by atoms with van der Waals surface area (Å²) in [5.74, 6) is -1.14. The van der Waals surface area contributed by atoms with Crippen molar-refractivity contribution in [1.29, 1.82) is 5.26 Å². The predicted octanol–water partition coefficient (Wildman–Crippen LogP) is 3.38. The number of aliphatic carboxylic acids is 1. The van der Waals surface area contributed by atoms with Gasteiger partial charge in [-0.1, -0.05) is 23.2 Å². The number of ether oxygens (including phenoxy) is 1.